The molecule has 0 saturated heterocycles. The molecule has 2 aromatic carbocycles. The Morgan fingerprint density at radius 3 is 2.69 bits per heavy atom. The number of rotatable bonds is 4. The van der Waals surface area contributed by atoms with Crippen molar-refractivity contribution < 1.29 is 4.39 Å². The van der Waals surface area contributed by atoms with E-state index in [4.69, 9.17) is 5.26 Å². The number of halogens is 1. The standard InChI is InChI=1S/C19H12FN5S/c20-18-22-14(8-12-4-2-1-3-5-12)10-17(24-18)25-19-23-15-7-6-13(11-21)9-16(15)26-19/h1-7,9-10H,8H2,(H,22,23,24,25). The number of benzene rings is 2. The molecule has 2 heterocycles. The van der Waals surface area contributed by atoms with Crippen LogP contribution in [0.25, 0.3) is 10.2 Å². The molecule has 0 aliphatic heterocycles. The molecule has 1 N–H and O–H groups in total. The van der Waals surface area contributed by atoms with Gasteiger partial charge in [-0.25, -0.2) is 9.97 Å². The number of fused-ring (bicyclic) bond motifs is 1. The molecule has 0 bridgehead atoms. The number of aromatic nitrogens is 3. The third kappa shape index (κ3) is 3.50. The molecule has 4 rings (SSSR count). The van der Waals surface area contributed by atoms with E-state index in [0.29, 0.717) is 28.6 Å². The Bertz CT molecular complexity index is 1120. The monoisotopic (exact) mass is 361 g/mol. The van der Waals surface area contributed by atoms with E-state index >= 15 is 0 Å². The van der Waals surface area contributed by atoms with E-state index in [9.17, 15) is 4.39 Å². The van der Waals surface area contributed by atoms with Gasteiger partial charge in [-0.15, -0.1) is 0 Å². The molecule has 4 aromatic rings. The fourth-order valence-corrected chi connectivity index (χ4v) is 3.49. The molecule has 126 valence electrons. The predicted octanol–water partition coefficient (Wildman–Crippen LogP) is 4.43. The highest BCUT2D eigenvalue weighted by Gasteiger charge is 2.09. The molecule has 0 aliphatic carbocycles. The first-order chi connectivity index (χ1) is 12.7. The van der Waals surface area contributed by atoms with Gasteiger partial charge in [0.25, 0.3) is 0 Å². The van der Waals surface area contributed by atoms with Crippen LogP contribution in [0.4, 0.5) is 15.3 Å². The van der Waals surface area contributed by atoms with Gasteiger partial charge in [0.2, 0.25) is 0 Å². The number of hydrogen-bond acceptors (Lipinski definition) is 6. The maximum atomic E-state index is 13.8. The average molecular weight is 361 g/mol. The van der Waals surface area contributed by atoms with E-state index < -0.39 is 6.08 Å². The molecule has 0 fully saturated rings. The third-order valence-corrected chi connectivity index (χ3v) is 4.67. The minimum Gasteiger partial charge on any atom is -0.316 e. The van der Waals surface area contributed by atoms with E-state index in [1.807, 2.05) is 30.3 Å². The van der Waals surface area contributed by atoms with E-state index in [1.165, 1.54) is 11.3 Å². The zero-order valence-corrected chi connectivity index (χ0v) is 14.3. The Balaban J connectivity index is 1.61. The van der Waals surface area contributed by atoms with Gasteiger partial charge >= 0.3 is 6.08 Å². The number of nitrogens with zero attached hydrogens (tertiary/aromatic N) is 4. The highest BCUT2D eigenvalue weighted by molar-refractivity contribution is 7.22. The predicted molar refractivity (Wildman–Crippen MR) is 98.9 cm³/mol. The van der Waals surface area contributed by atoms with E-state index in [0.717, 1.165) is 15.8 Å². The Labute approximate surface area is 152 Å². The van der Waals surface area contributed by atoms with Crippen LogP contribution in [-0.4, -0.2) is 15.0 Å². The largest absolute Gasteiger partial charge is 0.316 e. The molecule has 0 saturated carbocycles. The number of thiazole rings is 1. The number of nitrogens with one attached hydrogen (secondary N) is 1. The SMILES string of the molecule is N#Cc1ccc2nc(Nc3cc(Cc4ccccc4)nc(F)n3)sc2c1. The van der Waals surface area contributed by atoms with Crippen LogP contribution >= 0.6 is 11.3 Å². The lowest BCUT2D eigenvalue weighted by atomic mass is 10.1. The van der Waals surface area contributed by atoms with Crippen LogP contribution in [0.3, 0.4) is 0 Å². The maximum absolute atomic E-state index is 13.8. The van der Waals surface area contributed by atoms with Crippen LogP contribution in [0.2, 0.25) is 0 Å². The lowest BCUT2D eigenvalue weighted by Crippen LogP contribution is -2.02. The fourth-order valence-electron chi connectivity index (χ4n) is 2.58. The lowest BCUT2D eigenvalue weighted by molar-refractivity contribution is 0.535. The smallest absolute Gasteiger partial charge is 0.310 e. The van der Waals surface area contributed by atoms with Crippen LogP contribution < -0.4 is 5.32 Å². The summed E-state index contributed by atoms with van der Waals surface area (Å²) in [6.07, 6.45) is -0.269. The zero-order valence-electron chi connectivity index (χ0n) is 13.5. The second kappa shape index (κ2) is 6.86. The molecular formula is C19H12FN5S. The molecule has 0 radical (unpaired) electrons. The molecule has 0 aliphatic rings. The van der Waals surface area contributed by atoms with E-state index in [2.05, 4.69) is 26.3 Å². The van der Waals surface area contributed by atoms with Crippen LogP contribution in [-0.2, 0) is 6.42 Å². The van der Waals surface area contributed by atoms with Crippen LogP contribution in [0, 0.1) is 17.4 Å². The van der Waals surface area contributed by atoms with Gasteiger partial charge in [0.1, 0.15) is 5.82 Å². The minimum absolute atomic E-state index is 0.350. The molecule has 0 atom stereocenters. The molecular weight excluding hydrogens is 349 g/mol. The van der Waals surface area contributed by atoms with Crippen molar-refractivity contribution in [3.63, 3.8) is 0 Å². The van der Waals surface area contributed by atoms with E-state index in [1.54, 1.807) is 24.3 Å². The molecule has 26 heavy (non-hydrogen) atoms. The Hall–Kier alpha value is -3.37. The molecule has 2 aromatic heterocycles. The van der Waals surface area contributed by atoms with Crippen molar-refractivity contribution in [1.29, 1.82) is 5.26 Å². The highest BCUT2D eigenvalue weighted by atomic mass is 32.1. The van der Waals surface area contributed by atoms with Crippen molar-refractivity contribution in [3.05, 3.63) is 77.5 Å². The summed E-state index contributed by atoms with van der Waals surface area (Å²) in [5.41, 5.74) is 2.97. The number of anilines is 2. The maximum Gasteiger partial charge on any atom is 0.310 e. The topological polar surface area (TPSA) is 74.5 Å². The number of hydrogen-bond donors (Lipinski definition) is 1. The first kappa shape index (κ1) is 16.1. The molecule has 7 heteroatoms. The number of nitriles is 1. The van der Waals surface area contributed by atoms with Crippen molar-refractivity contribution in [2.45, 2.75) is 6.42 Å². The first-order valence-corrected chi connectivity index (χ1v) is 8.66. The summed E-state index contributed by atoms with van der Waals surface area (Å²) < 4.78 is 14.7. The van der Waals surface area contributed by atoms with Crippen LogP contribution in [0.15, 0.2) is 54.6 Å². The van der Waals surface area contributed by atoms with Gasteiger partial charge in [0.15, 0.2) is 5.13 Å². The van der Waals surface area contributed by atoms with E-state index in [-0.39, 0.29) is 0 Å². The summed E-state index contributed by atoms with van der Waals surface area (Å²) in [4.78, 5) is 12.1. The van der Waals surface area contributed by atoms with Gasteiger partial charge in [0.05, 0.1) is 27.5 Å². The summed E-state index contributed by atoms with van der Waals surface area (Å²) in [5.74, 6) is 0.350. The normalized spacial score (nSPS) is 10.6. The summed E-state index contributed by atoms with van der Waals surface area (Å²) in [7, 11) is 0. The zero-order chi connectivity index (χ0) is 17.9. The molecule has 0 spiro atoms. The Morgan fingerprint density at radius 2 is 1.88 bits per heavy atom. The van der Waals surface area contributed by atoms with Gasteiger partial charge in [-0.1, -0.05) is 41.7 Å². The molecule has 5 nitrogen and oxygen atoms in total. The second-order valence-corrected chi connectivity index (χ2v) is 6.64. The average Bonchev–Trinajstić information content (AvgIpc) is 3.03. The summed E-state index contributed by atoms with van der Waals surface area (Å²) in [6, 6.07) is 18.8. The summed E-state index contributed by atoms with van der Waals surface area (Å²) in [5, 5.41) is 12.6. The van der Waals surface area contributed by atoms with Gasteiger partial charge in [0, 0.05) is 12.5 Å². The fraction of sp³-hybridized carbons (Fsp3) is 0.0526. The van der Waals surface area contributed by atoms with Gasteiger partial charge < -0.3 is 5.32 Å². The summed E-state index contributed by atoms with van der Waals surface area (Å²) >= 11 is 1.38. The molecule has 0 unspecified atom stereocenters. The summed E-state index contributed by atoms with van der Waals surface area (Å²) in [6.45, 7) is 0. The van der Waals surface area contributed by atoms with Gasteiger partial charge in [-0.3, -0.25) is 0 Å². The molecule has 0 amide bonds. The Morgan fingerprint density at radius 1 is 1.04 bits per heavy atom. The van der Waals surface area contributed by atoms with Gasteiger partial charge in [-0.05, 0) is 23.8 Å². The van der Waals surface area contributed by atoms with Crippen molar-refractivity contribution >= 4 is 32.5 Å². The van der Waals surface area contributed by atoms with Crippen molar-refractivity contribution in [1.82, 2.24) is 15.0 Å². The van der Waals surface area contributed by atoms with Crippen LogP contribution in [0.5, 0.6) is 0 Å². The van der Waals surface area contributed by atoms with Crippen LogP contribution in [0.1, 0.15) is 16.8 Å². The van der Waals surface area contributed by atoms with Crippen molar-refractivity contribution in [2.75, 3.05) is 5.32 Å². The third-order valence-electron chi connectivity index (χ3n) is 3.73. The quantitative estimate of drug-likeness (QED) is 0.544. The van der Waals surface area contributed by atoms with Crippen molar-refractivity contribution in [2.24, 2.45) is 0 Å². The second-order valence-electron chi connectivity index (χ2n) is 5.61. The minimum atomic E-state index is -0.784. The first-order valence-electron chi connectivity index (χ1n) is 7.85. The van der Waals surface area contributed by atoms with Gasteiger partial charge in [-0.2, -0.15) is 14.6 Å². The Kier molecular flexibility index (Phi) is 4.25. The highest BCUT2D eigenvalue weighted by Crippen LogP contribution is 2.28. The van der Waals surface area contributed by atoms with Crippen molar-refractivity contribution in [3.8, 4) is 6.07 Å². The lowest BCUT2D eigenvalue weighted by Gasteiger charge is -2.05.